The fourth-order valence-electron chi connectivity index (χ4n) is 1.93. The molecule has 0 saturated heterocycles. The van der Waals surface area contributed by atoms with E-state index in [-0.39, 0.29) is 0 Å². The Bertz CT molecular complexity index is 273. The number of hydrogen-bond donors (Lipinski definition) is 0. The summed E-state index contributed by atoms with van der Waals surface area (Å²) in [7, 11) is 0. The summed E-state index contributed by atoms with van der Waals surface area (Å²) in [5, 5.41) is 0. The summed E-state index contributed by atoms with van der Waals surface area (Å²) in [5.74, 6) is 0.618. The van der Waals surface area contributed by atoms with E-state index in [1.165, 1.54) is 18.6 Å². The third-order valence-corrected chi connectivity index (χ3v) is 2.96. The normalized spacial score (nSPS) is 20.5. The fraction of sp³-hybridized carbons (Fsp3) is 0.800. The summed E-state index contributed by atoms with van der Waals surface area (Å²) >= 11 is 0. The third-order valence-electron chi connectivity index (χ3n) is 2.96. The maximum absolute atomic E-state index is 5.67. The van der Waals surface area contributed by atoms with E-state index in [1.807, 2.05) is 6.20 Å². The molecule has 1 heterocycles. The van der Waals surface area contributed by atoms with E-state index in [1.54, 1.807) is 0 Å². The molecular weight excluding hydrogens is 210 g/mol. The average molecular weight is 237 g/mol. The van der Waals surface area contributed by atoms with Crippen molar-refractivity contribution in [2.75, 3.05) is 13.2 Å². The maximum Gasteiger partial charge on any atom is 0.0848 e. The third kappa shape index (κ3) is 7.32. The molecule has 1 atom stereocenters. The topological polar surface area (TPSA) is 21.6 Å². The minimum atomic E-state index is 0.452. The highest BCUT2D eigenvalue weighted by molar-refractivity contribution is 5.87. The van der Waals surface area contributed by atoms with Gasteiger partial charge in [0.05, 0.1) is 6.61 Å². The molecule has 2 nitrogen and oxygen atoms in total. The molecule has 0 aromatic heterocycles. The minimum Gasteiger partial charge on any atom is -0.376 e. The number of nitrogens with zero attached hydrogens (tertiary/aromatic N) is 1. The standard InChI is InChI=1S/C15H27NO/c1-13-7-9-16-14(11-13)12-17-10-6-5-8-15(2,3)4/h7,9,13H,5-6,8,10-12H2,1-4H3. The largest absolute Gasteiger partial charge is 0.376 e. The lowest BCUT2D eigenvalue weighted by molar-refractivity contribution is 0.161. The van der Waals surface area contributed by atoms with Crippen LogP contribution in [0.4, 0.5) is 0 Å². The van der Waals surface area contributed by atoms with Crippen molar-refractivity contribution in [1.29, 1.82) is 0 Å². The lowest BCUT2D eigenvalue weighted by Crippen LogP contribution is -2.14. The number of rotatable bonds is 6. The van der Waals surface area contributed by atoms with E-state index >= 15 is 0 Å². The molecule has 0 saturated carbocycles. The van der Waals surface area contributed by atoms with Gasteiger partial charge in [-0.3, -0.25) is 4.99 Å². The zero-order chi connectivity index (χ0) is 12.7. The molecule has 0 aromatic carbocycles. The van der Waals surface area contributed by atoms with Crippen molar-refractivity contribution in [1.82, 2.24) is 0 Å². The molecule has 0 amide bonds. The Balaban J connectivity index is 2.01. The first kappa shape index (κ1) is 14.4. The highest BCUT2D eigenvalue weighted by Gasteiger charge is 2.10. The number of aliphatic imine (C=N–C) groups is 1. The van der Waals surface area contributed by atoms with Crippen molar-refractivity contribution in [3.05, 3.63) is 12.3 Å². The molecule has 98 valence electrons. The van der Waals surface area contributed by atoms with Crippen LogP contribution in [0, 0.1) is 11.3 Å². The van der Waals surface area contributed by atoms with Crippen LogP contribution in [-0.2, 0) is 4.74 Å². The Labute approximate surface area is 106 Å². The SMILES string of the molecule is CC1C=CN=C(COCCCCC(C)(C)C)C1. The predicted octanol–water partition coefficient (Wildman–Crippen LogP) is 4.21. The van der Waals surface area contributed by atoms with Crippen molar-refractivity contribution < 1.29 is 4.74 Å². The Morgan fingerprint density at radius 1 is 1.35 bits per heavy atom. The lowest BCUT2D eigenvalue weighted by atomic mass is 9.90. The van der Waals surface area contributed by atoms with Crippen molar-refractivity contribution in [2.24, 2.45) is 16.3 Å². The van der Waals surface area contributed by atoms with Gasteiger partial charge < -0.3 is 4.74 Å². The highest BCUT2D eigenvalue weighted by atomic mass is 16.5. The highest BCUT2D eigenvalue weighted by Crippen LogP contribution is 2.21. The van der Waals surface area contributed by atoms with E-state index < -0.39 is 0 Å². The van der Waals surface area contributed by atoms with Crippen LogP contribution in [0.3, 0.4) is 0 Å². The summed E-state index contributed by atoms with van der Waals surface area (Å²) in [6, 6.07) is 0. The second kappa shape index (κ2) is 6.95. The van der Waals surface area contributed by atoms with Gasteiger partial charge in [-0.1, -0.05) is 40.2 Å². The van der Waals surface area contributed by atoms with Gasteiger partial charge in [-0.15, -0.1) is 0 Å². The molecule has 1 aliphatic rings. The summed E-state index contributed by atoms with van der Waals surface area (Å²) in [6.45, 7) is 10.7. The van der Waals surface area contributed by atoms with Gasteiger partial charge in [-0.2, -0.15) is 0 Å². The molecule has 1 rings (SSSR count). The molecule has 2 heteroatoms. The average Bonchev–Trinajstić information content (AvgIpc) is 2.22. The van der Waals surface area contributed by atoms with Crippen LogP contribution in [-0.4, -0.2) is 18.9 Å². The second-order valence-electron chi connectivity index (χ2n) is 6.29. The van der Waals surface area contributed by atoms with E-state index in [0.717, 1.165) is 19.4 Å². The Morgan fingerprint density at radius 2 is 2.12 bits per heavy atom. The van der Waals surface area contributed by atoms with Crippen molar-refractivity contribution >= 4 is 5.71 Å². The molecule has 0 aliphatic carbocycles. The number of unbranched alkanes of at least 4 members (excludes halogenated alkanes) is 1. The van der Waals surface area contributed by atoms with Crippen molar-refractivity contribution in [3.8, 4) is 0 Å². The van der Waals surface area contributed by atoms with Crippen LogP contribution in [0.1, 0.15) is 53.4 Å². The van der Waals surface area contributed by atoms with Gasteiger partial charge in [-0.05, 0) is 30.6 Å². The first-order chi connectivity index (χ1) is 7.97. The first-order valence-corrected chi connectivity index (χ1v) is 6.77. The minimum absolute atomic E-state index is 0.452. The molecule has 1 aliphatic heterocycles. The first-order valence-electron chi connectivity index (χ1n) is 6.77. The second-order valence-corrected chi connectivity index (χ2v) is 6.29. The lowest BCUT2D eigenvalue weighted by Gasteiger charge is -2.17. The van der Waals surface area contributed by atoms with Crippen LogP contribution in [0.25, 0.3) is 0 Å². The summed E-state index contributed by atoms with van der Waals surface area (Å²) in [6.07, 6.45) is 8.80. The summed E-state index contributed by atoms with van der Waals surface area (Å²) in [4.78, 5) is 4.35. The zero-order valence-electron chi connectivity index (χ0n) is 11.8. The smallest absolute Gasteiger partial charge is 0.0848 e. The molecule has 0 aromatic rings. The Hall–Kier alpha value is -0.630. The van der Waals surface area contributed by atoms with Crippen LogP contribution < -0.4 is 0 Å². The van der Waals surface area contributed by atoms with Gasteiger partial charge in [0.15, 0.2) is 0 Å². The molecule has 1 unspecified atom stereocenters. The molecule has 0 spiro atoms. The number of hydrogen-bond acceptors (Lipinski definition) is 2. The van der Waals surface area contributed by atoms with Gasteiger partial charge >= 0.3 is 0 Å². The summed E-state index contributed by atoms with van der Waals surface area (Å²) < 4.78 is 5.67. The van der Waals surface area contributed by atoms with Crippen LogP contribution in [0.5, 0.6) is 0 Å². The van der Waals surface area contributed by atoms with Gasteiger partial charge in [-0.25, -0.2) is 0 Å². The van der Waals surface area contributed by atoms with E-state index in [9.17, 15) is 0 Å². The number of allylic oxidation sites excluding steroid dienone is 1. The predicted molar refractivity (Wildman–Crippen MR) is 74.5 cm³/mol. The van der Waals surface area contributed by atoms with E-state index in [0.29, 0.717) is 17.9 Å². The van der Waals surface area contributed by atoms with Crippen LogP contribution in [0.15, 0.2) is 17.3 Å². The maximum atomic E-state index is 5.67. The van der Waals surface area contributed by atoms with Gasteiger partial charge in [0.1, 0.15) is 0 Å². The van der Waals surface area contributed by atoms with Crippen molar-refractivity contribution in [3.63, 3.8) is 0 Å². The molecular formula is C15H27NO. The van der Waals surface area contributed by atoms with E-state index in [2.05, 4.69) is 38.8 Å². The number of ether oxygens (including phenoxy) is 1. The summed E-state index contributed by atoms with van der Waals surface area (Å²) in [5.41, 5.74) is 1.64. The van der Waals surface area contributed by atoms with Gasteiger partial charge in [0.2, 0.25) is 0 Å². The Kier molecular flexibility index (Phi) is 5.90. The van der Waals surface area contributed by atoms with Crippen LogP contribution in [0.2, 0.25) is 0 Å². The molecule has 0 bridgehead atoms. The van der Waals surface area contributed by atoms with E-state index in [4.69, 9.17) is 4.74 Å². The Morgan fingerprint density at radius 3 is 2.76 bits per heavy atom. The monoisotopic (exact) mass is 237 g/mol. The van der Waals surface area contributed by atoms with Crippen molar-refractivity contribution in [2.45, 2.75) is 53.4 Å². The molecule has 17 heavy (non-hydrogen) atoms. The zero-order valence-corrected chi connectivity index (χ0v) is 11.8. The molecule has 0 N–H and O–H groups in total. The quantitative estimate of drug-likeness (QED) is 0.634. The molecule has 0 fully saturated rings. The van der Waals surface area contributed by atoms with Gasteiger partial charge in [0, 0.05) is 18.5 Å². The molecule has 0 radical (unpaired) electrons. The fourth-order valence-corrected chi connectivity index (χ4v) is 1.93. The van der Waals surface area contributed by atoms with Crippen LogP contribution >= 0.6 is 0 Å². The van der Waals surface area contributed by atoms with Gasteiger partial charge in [0.25, 0.3) is 0 Å².